The SMILES string of the molecule is Cc1ccc(CC(Br)c2ccc(C)c(Cl)c2)cc1C. The van der Waals surface area contributed by atoms with Crippen LogP contribution in [0, 0.1) is 20.8 Å². The first kappa shape index (κ1) is 14.6. The summed E-state index contributed by atoms with van der Waals surface area (Å²) in [5, 5.41) is 0.835. The fourth-order valence-electron chi connectivity index (χ4n) is 2.06. The minimum atomic E-state index is 0.299. The van der Waals surface area contributed by atoms with Crippen LogP contribution in [0.3, 0.4) is 0 Å². The lowest BCUT2D eigenvalue weighted by atomic mass is 10.00. The predicted octanol–water partition coefficient (Wildman–Crippen LogP) is 5.94. The summed E-state index contributed by atoms with van der Waals surface area (Å²) in [6.07, 6.45) is 0.973. The van der Waals surface area contributed by atoms with Gasteiger partial charge in [-0.3, -0.25) is 0 Å². The first-order chi connectivity index (χ1) is 8.97. The van der Waals surface area contributed by atoms with Gasteiger partial charge in [0.25, 0.3) is 0 Å². The largest absolute Gasteiger partial charge is 0.0840 e. The quantitative estimate of drug-likeness (QED) is 0.608. The highest BCUT2D eigenvalue weighted by atomic mass is 79.9. The second-order valence-electron chi connectivity index (χ2n) is 5.10. The molecule has 0 saturated carbocycles. The Balaban J connectivity index is 2.17. The van der Waals surface area contributed by atoms with Gasteiger partial charge >= 0.3 is 0 Å². The highest BCUT2D eigenvalue weighted by Gasteiger charge is 2.10. The molecule has 0 bridgehead atoms. The molecule has 19 heavy (non-hydrogen) atoms. The maximum absolute atomic E-state index is 6.19. The summed E-state index contributed by atoms with van der Waals surface area (Å²) in [5.41, 5.74) is 6.39. The Kier molecular flexibility index (Phi) is 4.70. The minimum absolute atomic E-state index is 0.299. The summed E-state index contributed by atoms with van der Waals surface area (Å²) in [6, 6.07) is 12.9. The second kappa shape index (κ2) is 6.11. The lowest BCUT2D eigenvalue weighted by Gasteiger charge is -2.13. The Morgan fingerprint density at radius 2 is 1.63 bits per heavy atom. The molecule has 0 N–H and O–H groups in total. The topological polar surface area (TPSA) is 0 Å². The summed E-state index contributed by atoms with van der Waals surface area (Å²) in [6.45, 7) is 6.33. The molecule has 2 rings (SSSR count). The van der Waals surface area contributed by atoms with Crippen LogP contribution >= 0.6 is 27.5 Å². The van der Waals surface area contributed by atoms with Gasteiger partial charge in [0.15, 0.2) is 0 Å². The molecule has 0 fully saturated rings. The van der Waals surface area contributed by atoms with Crippen molar-refractivity contribution in [1.29, 1.82) is 0 Å². The summed E-state index contributed by atoms with van der Waals surface area (Å²) in [5.74, 6) is 0. The van der Waals surface area contributed by atoms with Crippen molar-refractivity contribution in [3.05, 3.63) is 69.2 Å². The third-order valence-electron chi connectivity index (χ3n) is 3.54. The van der Waals surface area contributed by atoms with Crippen LogP contribution in [0.4, 0.5) is 0 Å². The van der Waals surface area contributed by atoms with Gasteiger partial charge in [-0.2, -0.15) is 0 Å². The van der Waals surface area contributed by atoms with E-state index in [0.29, 0.717) is 4.83 Å². The molecule has 0 aliphatic rings. The van der Waals surface area contributed by atoms with E-state index < -0.39 is 0 Å². The van der Waals surface area contributed by atoms with Crippen LogP contribution < -0.4 is 0 Å². The van der Waals surface area contributed by atoms with Gasteiger partial charge in [0.2, 0.25) is 0 Å². The van der Waals surface area contributed by atoms with Gasteiger partial charge in [0, 0.05) is 9.85 Å². The zero-order valence-electron chi connectivity index (χ0n) is 11.5. The van der Waals surface area contributed by atoms with Crippen LogP contribution in [0.5, 0.6) is 0 Å². The Hall–Kier alpha value is -0.790. The molecule has 0 spiro atoms. The number of hydrogen-bond donors (Lipinski definition) is 0. The first-order valence-corrected chi connectivity index (χ1v) is 7.73. The Labute approximate surface area is 128 Å². The Morgan fingerprint density at radius 3 is 2.26 bits per heavy atom. The highest BCUT2D eigenvalue weighted by molar-refractivity contribution is 9.09. The number of aryl methyl sites for hydroxylation is 3. The van der Waals surface area contributed by atoms with Crippen LogP contribution in [0.15, 0.2) is 36.4 Å². The van der Waals surface area contributed by atoms with Gasteiger partial charge in [-0.1, -0.05) is 57.9 Å². The van der Waals surface area contributed by atoms with Crippen molar-refractivity contribution >= 4 is 27.5 Å². The zero-order chi connectivity index (χ0) is 14.0. The number of halogens is 2. The van der Waals surface area contributed by atoms with Crippen LogP contribution in [0.25, 0.3) is 0 Å². The maximum Gasteiger partial charge on any atom is 0.0438 e. The van der Waals surface area contributed by atoms with Crippen molar-refractivity contribution < 1.29 is 0 Å². The number of rotatable bonds is 3. The van der Waals surface area contributed by atoms with Crippen molar-refractivity contribution in [3.8, 4) is 0 Å². The van der Waals surface area contributed by atoms with E-state index >= 15 is 0 Å². The van der Waals surface area contributed by atoms with Crippen molar-refractivity contribution in [3.63, 3.8) is 0 Å². The van der Waals surface area contributed by atoms with E-state index in [1.807, 2.05) is 6.92 Å². The molecular weight excluding hydrogens is 320 g/mol. The average Bonchev–Trinajstić information content (AvgIpc) is 2.37. The third kappa shape index (κ3) is 3.61. The lowest BCUT2D eigenvalue weighted by Crippen LogP contribution is -1.97. The second-order valence-corrected chi connectivity index (χ2v) is 6.61. The molecule has 2 aromatic carbocycles. The van der Waals surface area contributed by atoms with Crippen molar-refractivity contribution in [2.24, 2.45) is 0 Å². The van der Waals surface area contributed by atoms with E-state index in [4.69, 9.17) is 11.6 Å². The molecule has 2 heteroatoms. The standard InChI is InChI=1S/C17H18BrCl/c1-11-4-6-14(8-13(11)3)9-16(18)15-7-5-12(2)17(19)10-15/h4-8,10,16H,9H2,1-3H3. The van der Waals surface area contributed by atoms with Crippen molar-refractivity contribution in [1.82, 2.24) is 0 Å². The van der Waals surface area contributed by atoms with Crippen LogP contribution in [-0.4, -0.2) is 0 Å². The molecule has 0 aliphatic heterocycles. The van der Waals surface area contributed by atoms with Gasteiger partial charge in [0.1, 0.15) is 0 Å². The molecule has 0 aliphatic carbocycles. The third-order valence-corrected chi connectivity index (χ3v) is 4.80. The minimum Gasteiger partial charge on any atom is -0.0840 e. The molecule has 1 atom stereocenters. The molecule has 0 nitrogen and oxygen atoms in total. The number of hydrogen-bond acceptors (Lipinski definition) is 0. The van der Waals surface area contributed by atoms with E-state index in [1.54, 1.807) is 0 Å². The van der Waals surface area contributed by atoms with Crippen molar-refractivity contribution in [2.75, 3.05) is 0 Å². The highest BCUT2D eigenvalue weighted by Crippen LogP contribution is 2.30. The van der Waals surface area contributed by atoms with Crippen LogP contribution in [0.1, 0.15) is 32.6 Å². The van der Waals surface area contributed by atoms with E-state index in [9.17, 15) is 0 Å². The molecule has 0 saturated heterocycles. The molecule has 0 radical (unpaired) electrons. The average molecular weight is 338 g/mol. The molecule has 0 aromatic heterocycles. The van der Waals surface area contributed by atoms with E-state index in [1.165, 1.54) is 22.3 Å². The zero-order valence-corrected chi connectivity index (χ0v) is 13.8. The molecule has 0 heterocycles. The summed E-state index contributed by atoms with van der Waals surface area (Å²) in [4.78, 5) is 0.299. The smallest absolute Gasteiger partial charge is 0.0438 e. The molecular formula is C17H18BrCl. The van der Waals surface area contributed by atoms with Gasteiger partial charge < -0.3 is 0 Å². The van der Waals surface area contributed by atoms with Gasteiger partial charge in [0.05, 0.1) is 0 Å². The van der Waals surface area contributed by atoms with E-state index in [0.717, 1.165) is 17.0 Å². The molecule has 2 aromatic rings. The predicted molar refractivity (Wildman–Crippen MR) is 87.5 cm³/mol. The lowest BCUT2D eigenvalue weighted by molar-refractivity contribution is 0.944. The van der Waals surface area contributed by atoms with Crippen LogP contribution in [0.2, 0.25) is 5.02 Å². The van der Waals surface area contributed by atoms with Gasteiger partial charge in [-0.25, -0.2) is 0 Å². The number of benzene rings is 2. The maximum atomic E-state index is 6.19. The normalized spacial score (nSPS) is 12.5. The molecule has 0 amide bonds. The first-order valence-electron chi connectivity index (χ1n) is 6.43. The Bertz CT molecular complexity index is 590. The summed E-state index contributed by atoms with van der Waals surface area (Å²) < 4.78 is 0. The fourth-order valence-corrected chi connectivity index (χ4v) is 2.91. The van der Waals surface area contributed by atoms with E-state index in [-0.39, 0.29) is 0 Å². The van der Waals surface area contributed by atoms with Gasteiger partial charge in [-0.15, -0.1) is 0 Å². The number of alkyl halides is 1. The summed E-state index contributed by atoms with van der Waals surface area (Å²) >= 11 is 9.95. The van der Waals surface area contributed by atoms with Crippen LogP contribution in [-0.2, 0) is 6.42 Å². The van der Waals surface area contributed by atoms with Gasteiger partial charge in [-0.05, 0) is 61.1 Å². The van der Waals surface area contributed by atoms with Crippen molar-refractivity contribution in [2.45, 2.75) is 32.0 Å². The molecule has 100 valence electrons. The Morgan fingerprint density at radius 1 is 0.947 bits per heavy atom. The fraction of sp³-hybridized carbons (Fsp3) is 0.294. The van der Waals surface area contributed by atoms with E-state index in [2.05, 4.69) is 66.2 Å². The monoisotopic (exact) mass is 336 g/mol. The summed E-state index contributed by atoms with van der Waals surface area (Å²) in [7, 11) is 0. The molecule has 1 unspecified atom stereocenters.